The first-order valence-electron chi connectivity index (χ1n) is 12.8. The van der Waals surface area contributed by atoms with Crippen molar-refractivity contribution in [1.82, 2.24) is 9.78 Å². The van der Waals surface area contributed by atoms with Gasteiger partial charge in [-0.3, -0.25) is 10.1 Å². The highest BCUT2D eigenvalue weighted by Gasteiger charge is 2.32. The first kappa shape index (κ1) is 28.1. The molecule has 0 unspecified atom stereocenters. The summed E-state index contributed by atoms with van der Waals surface area (Å²) in [5, 5.41) is 21.2. The van der Waals surface area contributed by atoms with Gasteiger partial charge in [0, 0.05) is 23.8 Å². The lowest BCUT2D eigenvalue weighted by molar-refractivity contribution is -0.124. The fourth-order valence-corrected chi connectivity index (χ4v) is 4.96. The summed E-state index contributed by atoms with van der Waals surface area (Å²) in [6.07, 6.45) is 3.01. The molecule has 1 aliphatic rings. The summed E-state index contributed by atoms with van der Waals surface area (Å²) < 4.78 is 1.67. The van der Waals surface area contributed by atoms with Gasteiger partial charge in [0.1, 0.15) is 11.6 Å². The number of benzene rings is 2. The summed E-state index contributed by atoms with van der Waals surface area (Å²) in [6.45, 7) is 7.98. The van der Waals surface area contributed by atoms with Gasteiger partial charge in [-0.05, 0) is 62.4 Å². The van der Waals surface area contributed by atoms with Crippen LogP contribution in [0.5, 0.6) is 0 Å². The molecule has 38 heavy (non-hydrogen) atoms. The third kappa shape index (κ3) is 6.76. The number of aliphatic hydroxyl groups is 1. The Hall–Kier alpha value is -2.87. The Morgan fingerprint density at radius 3 is 2.45 bits per heavy atom. The average Bonchev–Trinajstić information content (AvgIpc) is 3.26. The van der Waals surface area contributed by atoms with E-state index in [2.05, 4.69) is 10.6 Å². The molecule has 1 saturated carbocycles. The maximum absolute atomic E-state index is 13.0. The number of Topliss-reactive ketones (excluding diaryl/α,β-unsaturated/α-hetero) is 1. The number of anilines is 2. The summed E-state index contributed by atoms with van der Waals surface area (Å²) in [5.74, 6) is 0.628. The van der Waals surface area contributed by atoms with Crippen molar-refractivity contribution in [3.05, 3.63) is 69.8 Å². The van der Waals surface area contributed by atoms with Crippen LogP contribution in [0.1, 0.15) is 64.6 Å². The average molecular weight is 558 g/mol. The predicted molar refractivity (Wildman–Crippen MR) is 153 cm³/mol. The van der Waals surface area contributed by atoms with Gasteiger partial charge in [0.15, 0.2) is 0 Å². The fraction of sp³-hybridized carbons (Fsp3) is 0.414. The first-order valence-corrected chi connectivity index (χ1v) is 13.5. The van der Waals surface area contributed by atoms with E-state index in [1.54, 1.807) is 22.9 Å². The van der Waals surface area contributed by atoms with E-state index in [-0.39, 0.29) is 22.1 Å². The number of carbonyl (C=O) groups excluding carboxylic acids is 2. The Morgan fingerprint density at radius 1 is 1.08 bits per heavy atom. The highest BCUT2D eigenvalue weighted by molar-refractivity contribution is 6.44. The lowest BCUT2D eigenvalue weighted by atomic mass is 9.77. The number of aromatic nitrogens is 2. The van der Waals surface area contributed by atoms with Crippen LogP contribution in [0.3, 0.4) is 0 Å². The van der Waals surface area contributed by atoms with Crippen molar-refractivity contribution < 1.29 is 14.7 Å². The molecule has 0 aliphatic heterocycles. The summed E-state index contributed by atoms with van der Waals surface area (Å²) in [5.41, 5.74) is 1.86. The van der Waals surface area contributed by atoms with Gasteiger partial charge in [-0.2, -0.15) is 5.10 Å². The molecule has 0 radical (unpaired) electrons. The van der Waals surface area contributed by atoms with E-state index in [1.807, 2.05) is 58.0 Å². The molecule has 2 amide bonds. The monoisotopic (exact) mass is 556 g/mol. The van der Waals surface area contributed by atoms with E-state index >= 15 is 0 Å². The Labute approximate surface area is 233 Å². The summed E-state index contributed by atoms with van der Waals surface area (Å²) in [6, 6.07) is 14.0. The second-order valence-corrected chi connectivity index (χ2v) is 12.1. The Kier molecular flexibility index (Phi) is 8.21. The van der Waals surface area contributed by atoms with Crippen LogP contribution >= 0.6 is 23.2 Å². The molecule has 3 aromatic rings. The van der Waals surface area contributed by atoms with Crippen LogP contribution in [0.2, 0.25) is 10.0 Å². The smallest absolute Gasteiger partial charge is 0.324 e. The lowest BCUT2D eigenvalue weighted by Gasteiger charge is -2.32. The standard InChI is InChI=1S/C29H34Cl2N4O3/c1-28(2,3)24-17-25(33-27(37)32-22-10-6-9-21(30)26(22)31)35(34-24)20-8-5-7-18(15-20)16-23(36)19-11-13-29(4,38)14-12-19/h5-10,15,17,19,38H,11-14,16H2,1-4H3,(H2,32,33,37). The molecule has 202 valence electrons. The van der Waals surface area contributed by atoms with Crippen LogP contribution in [-0.2, 0) is 16.6 Å². The van der Waals surface area contributed by atoms with Crippen LogP contribution in [0.25, 0.3) is 5.69 Å². The lowest BCUT2D eigenvalue weighted by Crippen LogP contribution is -2.33. The number of urea groups is 1. The minimum atomic E-state index is -0.671. The zero-order valence-electron chi connectivity index (χ0n) is 22.1. The number of nitrogens with one attached hydrogen (secondary N) is 2. The number of hydrogen-bond donors (Lipinski definition) is 3. The van der Waals surface area contributed by atoms with Crippen LogP contribution < -0.4 is 10.6 Å². The van der Waals surface area contributed by atoms with E-state index in [9.17, 15) is 14.7 Å². The molecule has 1 aliphatic carbocycles. The van der Waals surface area contributed by atoms with Gasteiger partial charge in [-0.1, -0.05) is 62.2 Å². The third-order valence-corrected chi connectivity index (χ3v) is 7.79. The molecule has 0 bridgehead atoms. The third-order valence-electron chi connectivity index (χ3n) is 6.97. The van der Waals surface area contributed by atoms with Gasteiger partial charge in [0.25, 0.3) is 0 Å². The second-order valence-electron chi connectivity index (χ2n) is 11.3. The Balaban J connectivity index is 1.56. The molecule has 0 spiro atoms. The zero-order valence-corrected chi connectivity index (χ0v) is 23.7. The zero-order chi connectivity index (χ0) is 27.7. The van der Waals surface area contributed by atoms with E-state index in [1.165, 1.54) is 0 Å². The van der Waals surface area contributed by atoms with Crippen molar-refractivity contribution in [2.45, 2.75) is 70.8 Å². The van der Waals surface area contributed by atoms with Gasteiger partial charge < -0.3 is 10.4 Å². The largest absolute Gasteiger partial charge is 0.390 e. The van der Waals surface area contributed by atoms with E-state index in [4.69, 9.17) is 28.3 Å². The number of carbonyl (C=O) groups is 2. The molecule has 4 rings (SSSR count). The van der Waals surface area contributed by atoms with Gasteiger partial charge >= 0.3 is 6.03 Å². The van der Waals surface area contributed by atoms with Gasteiger partial charge in [0.2, 0.25) is 0 Å². The van der Waals surface area contributed by atoms with Crippen LogP contribution in [0.4, 0.5) is 16.3 Å². The van der Waals surface area contributed by atoms with Gasteiger partial charge in [-0.25, -0.2) is 9.48 Å². The number of ketones is 1. The Bertz CT molecular complexity index is 1330. The number of halogens is 2. The number of rotatable bonds is 6. The maximum atomic E-state index is 13.0. The SMILES string of the molecule is CC1(O)CCC(C(=O)Cc2cccc(-n3nc(C(C)(C)C)cc3NC(=O)Nc3cccc(Cl)c3Cl)c2)CC1. The molecule has 0 saturated heterocycles. The van der Waals surface area contributed by atoms with Crippen molar-refractivity contribution in [1.29, 1.82) is 0 Å². The normalized spacial score (nSPS) is 19.7. The molecule has 1 fully saturated rings. The van der Waals surface area contributed by atoms with Crippen molar-refractivity contribution in [2.24, 2.45) is 5.92 Å². The van der Waals surface area contributed by atoms with Crippen molar-refractivity contribution in [3.8, 4) is 5.69 Å². The fourth-order valence-electron chi connectivity index (χ4n) is 4.61. The van der Waals surface area contributed by atoms with Gasteiger partial charge in [0.05, 0.1) is 32.7 Å². The number of amides is 2. The van der Waals surface area contributed by atoms with Crippen molar-refractivity contribution in [2.75, 3.05) is 10.6 Å². The molecule has 7 nitrogen and oxygen atoms in total. The topological polar surface area (TPSA) is 96.2 Å². The molecule has 2 aromatic carbocycles. The molecule has 0 atom stereocenters. The van der Waals surface area contributed by atoms with Gasteiger partial charge in [-0.15, -0.1) is 0 Å². The molecule has 3 N–H and O–H groups in total. The quantitative estimate of drug-likeness (QED) is 0.299. The van der Waals surface area contributed by atoms with E-state index in [0.717, 1.165) is 16.9 Å². The minimum Gasteiger partial charge on any atom is -0.390 e. The first-order chi connectivity index (χ1) is 17.8. The van der Waals surface area contributed by atoms with Crippen LogP contribution in [0.15, 0.2) is 48.5 Å². The Morgan fingerprint density at radius 2 is 1.76 bits per heavy atom. The number of nitrogens with zero attached hydrogens (tertiary/aromatic N) is 2. The summed E-state index contributed by atoms with van der Waals surface area (Å²) >= 11 is 12.3. The highest BCUT2D eigenvalue weighted by atomic mass is 35.5. The van der Waals surface area contributed by atoms with E-state index in [0.29, 0.717) is 48.6 Å². The molecule has 1 heterocycles. The summed E-state index contributed by atoms with van der Waals surface area (Å²) in [4.78, 5) is 25.9. The predicted octanol–water partition coefficient (Wildman–Crippen LogP) is 7.17. The molecular formula is C29H34Cl2N4O3. The molecule has 9 heteroatoms. The minimum absolute atomic E-state index is 0.0321. The van der Waals surface area contributed by atoms with Crippen LogP contribution in [-0.4, -0.2) is 32.3 Å². The van der Waals surface area contributed by atoms with E-state index < -0.39 is 11.6 Å². The number of hydrogen-bond acceptors (Lipinski definition) is 4. The summed E-state index contributed by atoms with van der Waals surface area (Å²) in [7, 11) is 0. The van der Waals surface area contributed by atoms with Crippen molar-refractivity contribution >= 4 is 46.5 Å². The second kappa shape index (κ2) is 11.1. The molecular weight excluding hydrogens is 523 g/mol. The molecule has 1 aromatic heterocycles. The maximum Gasteiger partial charge on any atom is 0.324 e. The van der Waals surface area contributed by atoms with Crippen LogP contribution in [0, 0.1) is 5.92 Å². The van der Waals surface area contributed by atoms with Crippen molar-refractivity contribution in [3.63, 3.8) is 0 Å². The highest BCUT2D eigenvalue weighted by Crippen LogP contribution is 2.33.